The number of carbonyl (C=O) groups excluding carboxylic acids is 1. The maximum Gasteiger partial charge on any atom is 0.410 e. The summed E-state index contributed by atoms with van der Waals surface area (Å²) < 4.78 is 11.5. The predicted octanol–water partition coefficient (Wildman–Crippen LogP) is 3.41. The molecule has 0 bridgehead atoms. The summed E-state index contributed by atoms with van der Waals surface area (Å²) in [5.74, 6) is 3.06. The Morgan fingerprint density at radius 2 is 2.04 bits per heavy atom. The van der Waals surface area contributed by atoms with Gasteiger partial charge in [0.05, 0.1) is 24.1 Å². The van der Waals surface area contributed by atoms with Crippen LogP contribution in [0, 0.1) is 0 Å². The van der Waals surface area contributed by atoms with E-state index in [-0.39, 0.29) is 12.1 Å². The van der Waals surface area contributed by atoms with Crippen LogP contribution in [0.1, 0.15) is 33.6 Å². The normalized spacial score (nSPS) is 21.0. The van der Waals surface area contributed by atoms with Gasteiger partial charge in [-0.3, -0.25) is 4.98 Å². The van der Waals surface area contributed by atoms with E-state index in [1.807, 2.05) is 38.7 Å². The summed E-state index contributed by atoms with van der Waals surface area (Å²) >= 11 is 1.99. The van der Waals surface area contributed by atoms with Crippen LogP contribution in [-0.2, 0) is 4.74 Å². The van der Waals surface area contributed by atoms with E-state index < -0.39 is 5.60 Å². The number of aromatic nitrogens is 1. The van der Waals surface area contributed by atoms with Crippen LogP contribution in [0.2, 0.25) is 0 Å². The predicted molar refractivity (Wildman–Crippen MR) is 105 cm³/mol. The molecule has 0 N–H and O–H groups in total. The molecule has 0 unspecified atom stereocenters. The van der Waals surface area contributed by atoms with Crippen molar-refractivity contribution in [3.8, 4) is 5.75 Å². The van der Waals surface area contributed by atoms with Gasteiger partial charge < -0.3 is 19.3 Å². The number of anilines is 1. The molecule has 2 aliphatic heterocycles. The molecule has 3 heterocycles. The van der Waals surface area contributed by atoms with Crippen molar-refractivity contribution in [2.75, 3.05) is 42.6 Å². The van der Waals surface area contributed by atoms with Crippen molar-refractivity contribution in [3.63, 3.8) is 0 Å². The number of likely N-dealkylation sites (tertiary alicyclic amines) is 1. The molecule has 0 aliphatic carbocycles. The minimum Gasteiger partial charge on any atom is -0.490 e. The minimum absolute atomic E-state index is 0.0555. The molecule has 0 aromatic carbocycles. The number of amides is 1. The quantitative estimate of drug-likeness (QED) is 0.799. The molecule has 2 saturated heterocycles. The third-order valence-electron chi connectivity index (χ3n) is 4.52. The van der Waals surface area contributed by atoms with E-state index in [0.29, 0.717) is 6.61 Å². The molecule has 3 rings (SSSR count). The lowest BCUT2D eigenvalue weighted by molar-refractivity contribution is 0.0187. The van der Waals surface area contributed by atoms with E-state index in [1.54, 1.807) is 11.1 Å². The second-order valence-electron chi connectivity index (χ2n) is 7.76. The van der Waals surface area contributed by atoms with Crippen LogP contribution in [0.15, 0.2) is 18.5 Å². The van der Waals surface area contributed by atoms with Crippen molar-refractivity contribution in [1.29, 1.82) is 0 Å². The number of thioether (sulfide) groups is 1. The Hall–Kier alpha value is -1.63. The lowest BCUT2D eigenvalue weighted by atomic mass is 10.2. The van der Waals surface area contributed by atoms with Crippen LogP contribution >= 0.6 is 11.8 Å². The van der Waals surface area contributed by atoms with Gasteiger partial charge in [-0.15, -0.1) is 0 Å². The molecule has 26 heavy (non-hydrogen) atoms. The largest absolute Gasteiger partial charge is 0.490 e. The van der Waals surface area contributed by atoms with Crippen LogP contribution in [0.4, 0.5) is 10.5 Å². The zero-order valence-corrected chi connectivity index (χ0v) is 16.8. The molecule has 0 saturated carbocycles. The summed E-state index contributed by atoms with van der Waals surface area (Å²) in [4.78, 5) is 20.8. The van der Waals surface area contributed by atoms with Crippen molar-refractivity contribution in [2.45, 2.75) is 45.3 Å². The number of hydrogen-bond donors (Lipinski definition) is 0. The van der Waals surface area contributed by atoms with Gasteiger partial charge in [-0.25, -0.2) is 4.79 Å². The Labute approximate surface area is 160 Å². The molecular weight excluding hydrogens is 350 g/mol. The van der Waals surface area contributed by atoms with Crippen LogP contribution in [0.25, 0.3) is 0 Å². The molecular formula is C19H29N3O3S. The highest BCUT2D eigenvalue weighted by Crippen LogP contribution is 2.25. The van der Waals surface area contributed by atoms with E-state index in [2.05, 4.69) is 16.0 Å². The van der Waals surface area contributed by atoms with Crippen molar-refractivity contribution in [3.05, 3.63) is 18.5 Å². The molecule has 1 aromatic rings. The van der Waals surface area contributed by atoms with Gasteiger partial charge in [-0.2, -0.15) is 11.8 Å². The Balaban J connectivity index is 1.57. The van der Waals surface area contributed by atoms with Crippen molar-refractivity contribution >= 4 is 23.5 Å². The summed E-state index contributed by atoms with van der Waals surface area (Å²) in [6.45, 7) is 8.97. The van der Waals surface area contributed by atoms with Gasteiger partial charge in [0.1, 0.15) is 18.0 Å². The molecule has 6 nitrogen and oxygen atoms in total. The standard InChI is InChI=1S/C19H29N3O3S/c1-19(2,3)25-18(23)22-6-4-5-15(22)14-24-17-11-16(12-20-13-17)21-7-9-26-10-8-21/h11-13,15H,4-10,14H2,1-3H3/t15-/m0/s1. The summed E-state index contributed by atoms with van der Waals surface area (Å²) in [6, 6.07) is 2.11. The molecule has 1 atom stereocenters. The number of carbonyl (C=O) groups is 1. The first-order valence-electron chi connectivity index (χ1n) is 9.32. The Morgan fingerprint density at radius 3 is 2.77 bits per heavy atom. The van der Waals surface area contributed by atoms with Crippen molar-refractivity contribution in [2.24, 2.45) is 0 Å². The van der Waals surface area contributed by atoms with Gasteiger partial charge >= 0.3 is 6.09 Å². The van der Waals surface area contributed by atoms with E-state index >= 15 is 0 Å². The highest BCUT2D eigenvalue weighted by molar-refractivity contribution is 7.99. The Bertz CT molecular complexity index is 614. The van der Waals surface area contributed by atoms with Crippen molar-refractivity contribution < 1.29 is 14.3 Å². The number of nitrogens with zero attached hydrogens (tertiary/aromatic N) is 3. The lowest BCUT2D eigenvalue weighted by Crippen LogP contribution is -2.42. The highest BCUT2D eigenvalue weighted by atomic mass is 32.2. The van der Waals surface area contributed by atoms with Gasteiger partial charge in [-0.05, 0) is 33.6 Å². The average molecular weight is 380 g/mol. The second kappa shape index (κ2) is 8.37. The molecule has 1 amide bonds. The topological polar surface area (TPSA) is 54.9 Å². The Morgan fingerprint density at radius 1 is 1.27 bits per heavy atom. The summed E-state index contributed by atoms with van der Waals surface area (Å²) in [5, 5.41) is 0. The molecule has 0 radical (unpaired) electrons. The molecule has 144 valence electrons. The average Bonchev–Trinajstić information content (AvgIpc) is 3.08. The molecule has 1 aromatic heterocycles. The monoisotopic (exact) mass is 379 g/mol. The van der Waals surface area contributed by atoms with Gasteiger partial charge in [0.2, 0.25) is 0 Å². The first kappa shape index (κ1) is 19.1. The smallest absolute Gasteiger partial charge is 0.410 e. The summed E-state index contributed by atoms with van der Waals surface area (Å²) in [7, 11) is 0. The lowest BCUT2D eigenvalue weighted by Gasteiger charge is -2.29. The van der Waals surface area contributed by atoms with Gasteiger partial charge in [0.15, 0.2) is 0 Å². The Kier molecular flexibility index (Phi) is 6.16. The third-order valence-corrected chi connectivity index (χ3v) is 5.46. The summed E-state index contributed by atoms with van der Waals surface area (Å²) in [5.41, 5.74) is 0.633. The fourth-order valence-corrected chi connectivity index (χ4v) is 4.15. The van der Waals surface area contributed by atoms with Gasteiger partial charge in [-0.1, -0.05) is 0 Å². The second-order valence-corrected chi connectivity index (χ2v) is 8.98. The van der Waals surface area contributed by atoms with Gasteiger partial charge in [0, 0.05) is 37.2 Å². The first-order chi connectivity index (χ1) is 12.4. The fraction of sp³-hybridized carbons (Fsp3) is 0.684. The maximum atomic E-state index is 12.4. The number of rotatable bonds is 4. The molecule has 0 spiro atoms. The van der Waals surface area contributed by atoms with E-state index in [0.717, 1.165) is 55.4 Å². The molecule has 2 aliphatic rings. The minimum atomic E-state index is -0.476. The van der Waals surface area contributed by atoms with E-state index in [4.69, 9.17) is 9.47 Å². The zero-order chi connectivity index (χ0) is 18.6. The van der Waals surface area contributed by atoms with E-state index in [9.17, 15) is 4.79 Å². The van der Waals surface area contributed by atoms with Crippen LogP contribution < -0.4 is 9.64 Å². The fourth-order valence-electron chi connectivity index (χ4n) is 3.24. The van der Waals surface area contributed by atoms with Crippen LogP contribution in [-0.4, -0.2) is 65.4 Å². The van der Waals surface area contributed by atoms with E-state index in [1.165, 1.54) is 0 Å². The first-order valence-corrected chi connectivity index (χ1v) is 10.5. The SMILES string of the molecule is CC(C)(C)OC(=O)N1CCC[C@H]1COc1cncc(N2CCSCC2)c1. The number of hydrogen-bond acceptors (Lipinski definition) is 6. The molecule has 7 heteroatoms. The van der Waals surface area contributed by atoms with Gasteiger partial charge in [0.25, 0.3) is 0 Å². The molecule has 2 fully saturated rings. The number of ether oxygens (including phenoxy) is 2. The number of pyridine rings is 1. The third kappa shape index (κ3) is 5.19. The summed E-state index contributed by atoms with van der Waals surface area (Å²) in [6.07, 6.45) is 5.31. The van der Waals surface area contributed by atoms with Crippen LogP contribution in [0.3, 0.4) is 0 Å². The van der Waals surface area contributed by atoms with Crippen molar-refractivity contribution in [1.82, 2.24) is 9.88 Å². The highest BCUT2D eigenvalue weighted by Gasteiger charge is 2.32. The van der Waals surface area contributed by atoms with Crippen LogP contribution in [0.5, 0.6) is 5.75 Å². The maximum absolute atomic E-state index is 12.4. The zero-order valence-electron chi connectivity index (χ0n) is 15.9.